The number of nitrogens with zero attached hydrogens (tertiary/aromatic N) is 2. The van der Waals surface area contributed by atoms with E-state index >= 15 is 0 Å². The first kappa shape index (κ1) is 12.1. The van der Waals surface area contributed by atoms with Gasteiger partial charge in [-0.1, -0.05) is 11.6 Å². The summed E-state index contributed by atoms with van der Waals surface area (Å²) < 4.78 is 5.58. The summed E-state index contributed by atoms with van der Waals surface area (Å²) in [6, 6.07) is 5.28. The van der Waals surface area contributed by atoms with Gasteiger partial charge in [0.25, 0.3) is 0 Å². The first-order valence-electron chi connectivity index (χ1n) is 5.97. The zero-order valence-corrected chi connectivity index (χ0v) is 10.9. The number of fused-ring (bicyclic) bond motifs is 1. The second-order valence-corrected chi connectivity index (χ2v) is 4.78. The molecule has 0 spiro atoms. The molecule has 2 heterocycles. The van der Waals surface area contributed by atoms with Crippen LogP contribution in [0.2, 0.25) is 5.02 Å². The van der Waals surface area contributed by atoms with E-state index in [-0.39, 0.29) is 12.2 Å². The summed E-state index contributed by atoms with van der Waals surface area (Å²) in [6.07, 6.45) is 4.00. The molecule has 1 aliphatic heterocycles. The zero-order valence-electron chi connectivity index (χ0n) is 10.1. The summed E-state index contributed by atoms with van der Waals surface area (Å²) in [5.74, 6) is 0.731. The van der Waals surface area contributed by atoms with E-state index in [4.69, 9.17) is 16.3 Å². The van der Waals surface area contributed by atoms with Crippen molar-refractivity contribution in [3.8, 4) is 5.75 Å². The second kappa shape index (κ2) is 4.97. The molecule has 0 atom stereocenters. The van der Waals surface area contributed by atoms with E-state index in [0.717, 1.165) is 23.3 Å². The van der Waals surface area contributed by atoms with Crippen molar-refractivity contribution in [1.82, 2.24) is 9.97 Å². The molecule has 19 heavy (non-hydrogen) atoms. The number of hydrogen-bond donors (Lipinski definition) is 0. The fourth-order valence-corrected chi connectivity index (χ4v) is 2.46. The number of ketones is 1. The van der Waals surface area contributed by atoms with Gasteiger partial charge in [-0.3, -0.25) is 4.79 Å². The van der Waals surface area contributed by atoms with E-state index in [1.165, 1.54) is 6.33 Å². The van der Waals surface area contributed by atoms with Gasteiger partial charge >= 0.3 is 0 Å². The Labute approximate surface area is 115 Å². The highest BCUT2D eigenvalue weighted by Gasteiger charge is 2.20. The topological polar surface area (TPSA) is 52.1 Å². The lowest BCUT2D eigenvalue weighted by Crippen LogP contribution is -2.07. The van der Waals surface area contributed by atoms with Gasteiger partial charge in [-0.2, -0.15) is 0 Å². The van der Waals surface area contributed by atoms with Crippen LogP contribution in [0.3, 0.4) is 0 Å². The summed E-state index contributed by atoms with van der Waals surface area (Å²) >= 11 is 6.07. The van der Waals surface area contributed by atoms with E-state index in [0.29, 0.717) is 17.3 Å². The van der Waals surface area contributed by atoms with Crippen LogP contribution in [-0.2, 0) is 12.8 Å². The Hall–Kier alpha value is -1.94. The van der Waals surface area contributed by atoms with Crippen LogP contribution in [0.1, 0.15) is 21.6 Å². The lowest BCUT2D eigenvalue weighted by Gasteiger charge is -2.08. The van der Waals surface area contributed by atoms with Crippen molar-refractivity contribution in [3.63, 3.8) is 0 Å². The molecule has 0 N–H and O–H groups in total. The molecule has 1 aromatic heterocycles. The number of Topliss-reactive ketones (excluding diaryl/α,β-unsaturated/α-hetero) is 1. The molecule has 1 aliphatic rings. The van der Waals surface area contributed by atoms with Gasteiger partial charge in [0.2, 0.25) is 0 Å². The average molecular weight is 275 g/mol. The number of rotatable bonds is 3. The molecule has 2 aromatic rings. The molecule has 1 aromatic carbocycles. The van der Waals surface area contributed by atoms with Crippen LogP contribution in [0.4, 0.5) is 0 Å². The third kappa shape index (κ3) is 2.44. The number of halogens is 1. The normalized spacial score (nSPS) is 12.9. The lowest BCUT2D eigenvalue weighted by molar-refractivity contribution is 0.0987. The maximum absolute atomic E-state index is 12.1. The summed E-state index contributed by atoms with van der Waals surface area (Å²) in [5.41, 5.74) is 2.29. The van der Waals surface area contributed by atoms with E-state index in [1.807, 2.05) is 6.07 Å². The summed E-state index contributed by atoms with van der Waals surface area (Å²) in [4.78, 5) is 19.9. The maximum Gasteiger partial charge on any atom is 0.185 e. The van der Waals surface area contributed by atoms with Gasteiger partial charge < -0.3 is 4.74 Å². The fraction of sp³-hybridized carbons (Fsp3) is 0.214. The number of benzene rings is 1. The quantitative estimate of drug-likeness (QED) is 0.807. The van der Waals surface area contributed by atoms with Gasteiger partial charge in [-0.15, -0.1) is 0 Å². The van der Waals surface area contributed by atoms with Crippen LogP contribution in [0.5, 0.6) is 5.75 Å². The minimum absolute atomic E-state index is 0.0673. The standard InChI is InChI=1S/C14H11ClN2O2/c15-11-5-9-2-4-19-14(9)10(6-11)7-13(18)12-1-3-16-8-17-12/h1,3,5-6,8H,2,4,7H2. The molecule has 5 heteroatoms. The van der Waals surface area contributed by atoms with E-state index in [2.05, 4.69) is 9.97 Å². The van der Waals surface area contributed by atoms with Crippen LogP contribution >= 0.6 is 11.6 Å². The molecule has 0 aliphatic carbocycles. The molecule has 0 bridgehead atoms. The van der Waals surface area contributed by atoms with Crippen LogP contribution in [-0.4, -0.2) is 22.4 Å². The van der Waals surface area contributed by atoms with Crippen molar-refractivity contribution in [2.45, 2.75) is 12.8 Å². The molecule has 4 nitrogen and oxygen atoms in total. The molecule has 0 unspecified atom stereocenters. The molecule has 0 saturated carbocycles. The number of carbonyl (C=O) groups is 1. The largest absolute Gasteiger partial charge is 0.493 e. The van der Waals surface area contributed by atoms with Gasteiger partial charge in [-0.05, 0) is 23.8 Å². The molecular formula is C14H11ClN2O2. The number of ether oxygens (including phenoxy) is 1. The number of carbonyl (C=O) groups excluding carboxylic acids is 1. The second-order valence-electron chi connectivity index (χ2n) is 4.35. The Morgan fingerprint density at radius 3 is 3.11 bits per heavy atom. The molecule has 0 radical (unpaired) electrons. The smallest absolute Gasteiger partial charge is 0.185 e. The molecule has 3 rings (SSSR count). The van der Waals surface area contributed by atoms with Crippen molar-refractivity contribution < 1.29 is 9.53 Å². The Kier molecular flexibility index (Phi) is 3.17. The highest BCUT2D eigenvalue weighted by molar-refractivity contribution is 6.30. The van der Waals surface area contributed by atoms with Crippen LogP contribution in [0, 0.1) is 0 Å². The lowest BCUT2D eigenvalue weighted by atomic mass is 10.0. The van der Waals surface area contributed by atoms with Crippen molar-refractivity contribution in [1.29, 1.82) is 0 Å². The third-order valence-corrected chi connectivity index (χ3v) is 3.26. The summed E-state index contributed by atoms with van der Waals surface area (Å²) in [5, 5.41) is 0.634. The Bertz CT molecular complexity index is 629. The minimum atomic E-state index is -0.0673. The number of hydrogen-bond acceptors (Lipinski definition) is 4. The minimum Gasteiger partial charge on any atom is -0.493 e. The first-order valence-corrected chi connectivity index (χ1v) is 6.35. The van der Waals surface area contributed by atoms with Gasteiger partial charge in [0, 0.05) is 29.6 Å². The van der Waals surface area contributed by atoms with E-state index in [1.54, 1.807) is 18.3 Å². The van der Waals surface area contributed by atoms with Crippen molar-refractivity contribution in [2.24, 2.45) is 0 Å². The van der Waals surface area contributed by atoms with Crippen LogP contribution in [0.15, 0.2) is 30.7 Å². The number of aromatic nitrogens is 2. The third-order valence-electron chi connectivity index (χ3n) is 3.04. The first-order chi connectivity index (χ1) is 9.24. The summed E-state index contributed by atoms with van der Waals surface area (Å²) in [7, 11) is 0. The predicted octanol–water partition coefficient (Wildman–Crippen LogP) is 2.49. The molecule has 0 saturated heterocycles. The van der Waals surface area contributed by atoms with Gasteiger partial charge in [-0.25, -0.2) is 9.97 Å². The van der Waals surface area contributed by atoms with Gasteiger partial charge in [0.15, 0.2) is 5.78 Å². The molecular weight excluding hydrogens is 264 g/mol. The SMILES string of the molecule is O=C(Cc1cc(Cl)cc2c1OCC2)c1ccncn1. The molecule has 0 fully saturated rings. The van der Waals surface area contributed by atoms with Crippen LogP contribution in [0.25, 0.3) is 0 Å². The van der Waals surface area contributed by atoms with Crippen molar-refractivity contribution in [3.05, 3.63) is 52.6 Å². The van der Waals surface area contributed by atoms with E-state index < -0.39 is 0 Å². The zero-order chi connectivity index (χ0) is 13.2. The highest BCUT2D eigenvalue weighted by Crippen LogP contribution is 2.33. The van der Waals surface area contributed by atoms with Crippen LogP contribution < -0.4 is 4.74 Å². The molecule has 96 valence electrons. The Balaban J connectivity index is 1.90. The average Bonchev–Trinajstić information content (AvgIpc) is 2.88. The van der Waals surface area contributed by atoms with Gasteiger partial charge in [0.1, 0.15) is 17.8 Å². The van der Waals surface area contributed by atoms with Crippen molar-refractivity contribution >= 4 is 17.4 Å². The Morgan fingerprint density at radius 2 is 2.32 bits per heavy atom. The van der Waals surface area contributed by atoms with E-state index in [9.17, 15) is 4.79 Å². The monoisotopic (exact) mass is 274 g/mol. The van der Waals surface area contributed by atoms with Gasteiger partial charge in [0.05, 0.1) is 6.61 Å². The van der Waals surface area contributed by atoms with Crippen molar-refractivity contribution in [2.75, 3.05) is 6.61 Å². The Morgan fingerprint density at radius 1 is 1.42 bits per heavy atom. The predicted molar refractivity (Wildman–Crippen MR) is 70.7 cm³/mol. The fourth-order valence-electron chi connectivity index (χ4n) is 2.20. The summed E-state index contributed by atoms with van der Waals surface area (Å²) in [6.45, 7) is 0.643. The maximum atomic E-state index is 12.1. The highest BCUT2D eigenvalue weighted by atomic mass is 35.5. The molecule has 0 amide bonds.